The van der Waals surface area contributed by atoms with Gasteiger partial charge in [-0.1, -0.05) is 6.92 Å². The van der Waals surface area contributed by atoms with Gasteiger partial charge in [-0.25, -0.2) is 0 Å². The van der Waals surface area contributed by atoms with E-state index in [-0.39, 0.29) is 0 Å². The van der Waals surface area contributed by atoms with Crippen molar-refractivity contribution in [3.05, 3.63) is 11.6 Å². The lowest BCUT2D eigenvalue weighted by Gasteiger charge is -1.97. The minimum Gasteiger partial charge on any atom is -0.373 e. The molecule has 11 heavy (non-hydrogen) atoms. The average Bonchev–Trinajstić information content (AvgIpc) is 2.07. The maximum absolute atomic E-state index is 8.56. The SMILES string of the molecule is CC/C(C#N)=C\C(=NC)NC. The fourth-order valence-corrected chi connectivity index (χ4v) is 0.627. The van der Waals surface area contributed by atoms with Gasteiger partial charge in [0.2, 0.25) is 0 Å². The molecule has 0 aliphatic carbocycles. The number of allylic oxidation sites excluding steroid dienone is 1. The quantitative estimate of drug-likeness (QED) is 0.365. The normalized spacial score (nSPS) is 12.5. The second-order valence-corrected chi connectivity index (χ2v) is 1.99. The van der Waals surface area contributed by atoms with Crippen molar-refractivity contribution in [1.29, 1.82) is 5.26 Å². The number of nitriles is 1. The van der Waals surface area contributed by atoms with E-state index in [1.54, 1.807) is 20.2 Å². The Bertz CT molecular complexity index is 208. The van der Waals surface area contributed by atoms with Gasteiger partial charge in [0.1, 0.15) is 5.84 Å². The number of rotatable bonds is 2. The summed E-state index contributed by atoms with van der Waals surface area (Å²) in [5.41, 5.74) is 0.736. The third-order valence-electron chi connectivity index (χ3n) is 1.33. The van der Waals surface area contributed by atoms with Gasteiger partial charge in [-0.3, -0.25) is 4.99 Å². The molecule has 0 unspecified atom stereocenters. The molecule has 0 aromatic carbocycles. The minimum atomic E-state index is 0.736. The van der Waals surface area contributed by atoms with E-state index in [4.69, 9.17) is 5.26 Å². The van der Waals surface area contributed by atoms with Crippen molar-refractivity contribution in [3.63, 3.8) is 0 Å². The number of aliphatic imine (C=N–C) groups is 1. The van der Waals surface area contributed by atoms with Crippen LogP contribution in [0, 0.1) is 11.3 Å². The van der Waals surface area contributed by atoms with E-state index in [0.29, 0.717) is 0 Å². The molecule has 1 N–H and O–H groups in total. The van der Waals surface area contributed by atoms with E-state index in [1.807, 2.05) is 6.92 Å². The first kappa shape index (κ1) is 9.70. The lowest BCUT2D eigenvalue weighted by Crippen LogP contribution is -2.15. The number of likely N-dealkylation sites (N-methyl/N-ethyl adjacent to an activating group) is 1. The van der Waals surface area contributed by atoms with E-state index in [0.717, 1.165) is 17.8 Å². The standard InChI is InChI=1S/C8H13N3/c1-4-7(6-9)5-8(10-2)11-3/h5H,4H2,1-3H3,(H,10,11)/b7-5+. The highest BCUT2D eigenvalue weighted by atomic mass is 14.9. The summed E-state index contributed by atoms with van der Waals surface area (Å²) in [4.78, 5) is 3.92. The van der Waals surface area contributed by atoms with Crippen LogP contribution in [0.2, 0.25) is 0 Å². The number of hydrogen-bond acceptors (Lipinski definition) is 2. The molecule has 60 valence electrons. The van der Waals surface area contributed by atoms with Crippen LogP contribution in [0.5, 0.6) is 0 Å². The summed E-state index contributed by atoms with van der Waals surface area (Å²) in [6.45, 7) is 1.94. The van der Waals surface area contributed by atoms with E-state index in [2.05, 4.69) is 16.4 Å². The summed E-state index contributed by atoms with van der Waals surface area (Å²) in [6.07, 6.45) is 2.50. The molecular weight excluding hydrogens is 138 g/mol. The summed E-state index contributed by atoms with van der Waals surface area (Å²) >= 11 is 0. The molecule has 0 fully saturated rings. The predicted octanol–water partition coefficient (Wildman–Crippen LogP) is 1.09. The first-order valence-corrected chi connectivity index (χ1v) is 3.53. The minimum absolute atomic E-state index is 0.736. The first-order valence-electron chi connectivity index (χ1n) is 3.53. The Morgan fingerprint density at radius 2 is 2.36 bits per heavy atom. The van der Waals surface area contributed by atoms with Gasteiger partial charge in [0, 0.05) is 19.7 Å². The third-order valence-corrected chi connectivity index (χ3v) is 1.33. The zero-order valence-electron chi connectivity index (χ0n) is 7.18. The van der Waals surface area contributed by atoms with Crippen molar-refractivity contribution in [2.75, 3.05) is 14.1 Å². The molecule has 0 atom stereocenters. The van der Waals surface area contributed by atoms with E-state index < -0.39 is 0 Å². The zero-order valence-corrected chi connectivity index (χ0v) is 7.18. The lowest BCUT2D eigenvalue weighted by molar-refractivity contribution is 1.12. The van der Waals surface area contributed by atoms with E-state index >= 15 is 0 Å². The molecule has 0 spiro atoms. The van der Waals surface area contributed by atoms with Crippen LogP contribution in [0.4, 0.5) is 0 Å². The van der Waals surface area contributed by atoms with Crippen molar-refractivity contribution in [1.82, 2.24) is 5.32 Å². The highest BCUT2D eigenvalue weighted by Crippen LogP contribution is 1.97. The van der Waals surface area contributed by atoms with Gasteiger partial charge in [-0.05, 0) is 12.5 Å². The molecular formula is C8H13N3. The van der Waals surface area contributed by atoms with Crippen LogP contribution in [0.15, 0.2) is 16.6 Å². The van der Waals surface area contributed by atoms with Crippen LogP contribution in [-0.2, 0) is 0 Å². The molecule has 0 rings (SSSR count). The van der Waals surface area contributed by atoms with E-state index in [9.17, 15) is 0 Å². The highest BCUT2D eigenvalue weighted by molar-refractivity contribution is 5.93. The largest absolute Gasteiger partial charge is 0.373 e. The molecule has 0 aromatic heterocycles. The number of nitrogens with one attached hydrogen (secondary N) is 1. The van der Waals surface area contributed by atoms with Crippen LogP contribution in [0.3, 0.4) is 0 Å². The van der Waals surface area contributed by atoms with Crippen LogP contribution in [0.25, 0.3) is 0 Å². The molecule has 0 aliphatic heterocycles. The summed E-state index contributed by atoms with van der Waals surface area (Å²) in [5.74, 6) is 0.739. The molecule has 0 amide bonds. The van der Waals surface area contributed by atoms with Crippen LogP contribution < -0.4 is 5.32 Å². The maximum atomic E-state index is 8.56. The molecule has 0 saturated carbocycles. The summed E-state index contributed by atoms with van der Waals surface area (Å²) in [7, 11) is 3.47. The fraction of sp³-hybridized carbons (Fsp3) is 0.500. The monoisotopic (exact) mass is 151 g/mol. The average molecular weight is 151 g/mol. The Morgan fingerprint density at radius 1 is 1.73 bits per heavy atom. The number of hydrogen-bond donors (Lipinski definition) is 1. The van der Waals surface area contributed by atoms with Gasteiger partial charge >= 0.3 is 0 Å². The fourth-order valence-electron chi connectivity index (χ4n) is 0.627. The van der Waals surface area contributed by atoms with Crippen LogP contribution >= 0.6 is 0 Å². The second kappa shape index (κ2) is 5.48. The van der Waals surface area contributed by atoms with Crippen molar-refractivity contribution in [2.45, 2.75) is 13.3 Å². The molecule has 0 aliphatic rings. The van der Waals surface area contributed by atoms with Crippen molar-refractivity contribution in [3.8, 4) is 6.07 Å². The van der Waals surface area contributed by atoms with Gasteiger partial charge in [0.25, 0.3) is 0 Å². The third kappa shape index (κ3) is 3.41. The smallest absolute Gasteiger partial charge is 0.121 e. The maximum Gasteiger partial charge on any atom is 0.121 e. The number of nitrogens with zero attached hydrogens (tertiary/aromatic N) is 2. The van der Waals surface area contributed by atoms with Gasteiger partial charge in [-0.15, -0.1) is 0 Å². The summed E-state index contributed by atoms with van der Waals surface area (Å²) in [5, 5.41) is 11.4. The summed E-state index contributed by atoms with van der Waals surface area (Å²) < 4.78 is 0. The molecule has 3 heteroatoms. The van der Waals surface area contributed by atoms with Gasteiger partial charge in [0.05, 0.1) is 6.07 Å². The predicted molar refractivity (Wildman–Crippen MR) is 46.4 cm³/mol. The Hall–Kier alpha value is -1.30. The Kier molecular flexibility index (Phi) is 4.83. The molecule has 3 nitrogen and oxygen atoms in total. The molecule has 0 bridgehead atoms. The van der Waals surface area contributed by atoms with Gasteiger partial charge in [0.15, 0.2) is 0 Å². The second-order valence-electron chi connectivity index (χ2n) is 1.99. The summed E-state index contributed by atoms with van der Waals surface area (Å²) in [6, 6.07) is 2.09. The molecule has 0 heterocycles. The van der Waals surface area contributed by atoms with Crippen molar-refractivity contribution >= 4 is 5.84 Å². The van der Waals surface area contributed by atoms with Gasteiger partial charge < -0.3 is 5.32 Å². The first-order chi connectivity index (χ1) is 5.28. The van der Waals surface area contributed by atoms with E-state index in [1.165, 1.54) is 0 Å². The van der Waals surface area contributed by atoms with Crippen molar-refractivity contribution in [2.24, 2.45) is 4.99 Å². The number of amidine groups is 1. The lowest BCUT2D eigenvalue weighted by atomic mass is 10.2. The van der Waals surface area contributed by atoms with Crippen molar-refractivity contribution < 1.29 is 0 Å². The molecule has 0 aromatic rings. The van der Waals surface area contributed by atoms with Gasteiger partial charge in [-0.2, -0.15) is 5.26 Å². The highest BCUT2D eigenvalue weighted by Gasteiger charge is 1.92. The zero-order chi connectivity index (χ0) is 8.69. The van der Waals surface area contributed by atoms with Crippen LogP contribution in [0.1, 0.15) is 13.3 Å². The topological polar surface area (TPSA) is 48.2 Å². The molecule has 0 saturated heterocycles. The van der Waals surface area contributed by atoms with Crippen LogP contribution in [-0.4, -0.2) is 19.9 Å². The Morgan fingerprint density at radius 3 is 2.64 bits per heavy atom. The molecule has 0 radical (unpaired) electrons. The Labute approximate surface area is 67.4 Å². The Balaban J connectivity index is 4.39.